The Balaban J connectivity index is 3.49. The SMILES string of the molecule is CC(Cl)C(=O)c1c(C#N)cccc1C(O)C(=O)O. The number of alkyl halides is 1. The summed E-state index contributed by atoms with van der Waals surface area (Å²) >= 11 is 5.66. The molecule has 6 heteroatoms. The van der Waals surface area contributed by atoms with Gasteiger partial charge in [0.05, 0.1) is 17.0 Å². The number of carbonyl (C=O) groups excluding carboxylic acids is 1. The summed E-state index contributed by atoms with van der Waals surface area (Å²) in [5.74, 6) is -2.09. The first kappa shape index (κ1) is 14.2. The predicted octanol–water partition coefficient (Wildman–Crippen LogP) is 1.49. The molecule has 2 atom stereocenters. The van der Waals surface area contributed by atoms with E-state index in [1.165, 1.54) is 25.1 Å². The standard InChI is InChI=1S/C12H10ClNO4/c1-6(13)10(15)9-7(5-14)3-2-4-8(9)11(16)12(17)18/h2-4,6,11,16H,1H3,(H,17,18). The Bertz CT molecular complexity index is 533. The third-order valence-electron chi connectivity index (χ3n) is 2.35. The highest BCUT2D eigenvalue weighted by atomic mass is 35.5. The molecule has 0 aliphatic heterocycles. The van der Waals surface area contributed by atoms with Crippen LogP contribution in [-0.2, 0) is 4.79 Å². The zero-order chi connectivity index (χ0) is 13.9. The Hall–Kier alpha value is -1.90. The number of aliphatic hydroxyl groups excluding tert-OH is 1. The van der Waals surface area contributed by atoms with E-state index in [0.29, 0.717) is 0 Å². The molecule has 0 heterocycles. The molecule has 18 heavy (non-hydrogen) atoms. The Morgan fingerprint density at radius 2 is 2.06 bits per heavy atom. The minimum Gasteiger partial charge on any atom is -0.479 e. The second kappa shape index (κ2) is 5.63. The van der Waals surface area contributed by atoms with Crippen molar-refractivity contribution in [1.29, 1.82) is 5.26 Å². The number of benzene rings is 1. The van der Waals surface area contributed by atoms with E-state index in [0.717, 1.165) is 0 Å². The largest absolute Gasteiger partial charge is 0.479 e. The van der Waals surface area contributed by atoms with Crippen LogP contribution < -0.4 is 0 Å². The van der Waals surface area contributed by atoms with Crippen LogP contribution in [0.15, 0.2) is 18.2 Å². The van der Waals surface area contributed by atoms with E-state index in [9.17, 15) is 14.7 Å². The number of carbonyl (C=O) groups is 2. The van der Waals surface area contributed by atoms with Crippen molar-refractivity contribution in [2.75, 3.05) is 0 Å². The monoisotopic (exact) mass is 267 g/mol. The van der Waals surface area contributed by atoms with Gasteiger partial charge >= 0.3 is 5.97 Å². The number of Topliss-reactive ketones (excluding diaryl/α,β-unsaturated/α-hetero) is 1. The average molecular weight is 268 g/mol. The number of carboxylic acids is 1. The van der Waals surface area contributed by atoms with Crippen LogP contribution in [0.2, 0.25) is 0 Å². The minimum absolute atomic E-state index is 0.00898. The maximum atomic E-state index is 11.9. The number of halogens is 1. The highest BCUT2D eigenvalue weighted by Gasteiger charge is 2.27. The lowest BCUT2D eigenvalue weighted by Gasteiger charge is -2.13. The number of ketones is 1. The van der Waals surface area contributed by atoms with Gasteiger partial charge in [0, 0.05) is 11.1 Å². The van der Waals surface area contributed by atoms with E-state index >= 15 is 0 Å². The normalized spacial score (nSPS) is 13.4. The molecular weight excluding hydrogens is 258 g/mol. The van der Waals surface area contributed by atoms with Gasteiger partial charge in [0.2, 0.25) is 0 Å². The number of rotatable bonds is 4. The molecule has 1 aromatic rings. The highest BCUT2D eigenvalue weighted by molar-refractivity contribution is 6.34. The van der Waals surface area contributed by atoms with Crippen molar-refractivity contribution >= 4 is 23.4 Å². The van der Waals surface area contributed by atoms with Crippen LogP contribution in [0, 0.1) is 11.3 Å². The fourth-order valence-electron chi connectivity index (χ4n) is 1.50. The molecule has 1 aromatic carbocycles. The molecule has 0 aromatic heterocycles. The Morgan fingerprint density at radius 3 is 2.50 bits per heavy atom. The second-order valence-electron chi connectivity index (χ2n) is 3.60. The van der Waals surface area contributed by atoms with Gasteiger partial charge in [-0.15, -0.1) is 11.6 Å². The Kier molecular flexibility index (Phi) is 4.43. The van der Waals surface area contributed by atoms with Gasteiger partial charge in [-0.3, -0.25) is 4.79 Å². The van der Waals surface area contributed by atoms with Crippen molar-refractivity contribution in [2.24, 2.45) is 0 Å². The zero-order valence-corrected chi connectivity index (χ0v) is 10.2. The number of hydrogen-bond donors (Lipinski definition) is 2. The first-order valence-electron chi connectivity index (χ1n) is 5.02. The number of nitrogens with zero attached hydrogens (tertiary/aromatic N) is 1. The van der Waals surface area contributed by atoms with Gasteiger partial charge in [-0.2, -0.15) is 5.26 Å². The van der Waals surface area contributed by atoms with Crippen LogP contribution in [0.5, 0.6) is 0 Å². The fraction of sp³-hybridized carbons (Fsp3) is 0.250. The van der Waals surface area contributed by atoms with Gasteiger partial charge in [-0.05, 0) is 13.0 Å². The van der Waals surface area contributed by atoms with Crippen molar-refractivity contribution in [1.82, 2.24) is 0 Å². The van der Waals surface area contributed by atoms with Gasteiger partial charge in [0.15, 0.2) is 11.9 Å². The topological polar surface area (TPSA) is 98.4 Å². The molecule has 0 spiro atoms. The summed E-state index contributed by atoms with van der Waals surface area (Å²) in [4.78, 5) is 22.7. The Morgan fingerprint density at radius 1 is 1.44 bits per heavy atom. The summed E-state index contributed by atoms with van der Waals surface area (Å²) in [5.41, 5.74) is -0.276. The number of nitriles is 1. The second-order valence-corrected chi connectivity index (χ2v) is 4.26. The maximum Gasteiger partial charge on any atom is 0.337 e. The van der Waals surface area contributed by atoms with Crippen LogP contribution in [0.3, 0.4) is 0 Å². The maximum absolute atomic E-state index is 11.9. The summed E-state index contributed by atoms with van der Waals surface area (Å²) in [6.07, 6.45) is -1.87. The molecule has 0 amide bonds. The fourth-order valence-corrected chi connectivity index (χ4v) is 1.61. The van der Waals surface area contributed by atoms with Crippen molar-refractivity contribution in [3.63, 3.8) is 0 Å². The van der Waals surface area contributed by atoms with E-state index in [1.807, 2.05) is 0 Å². The van der Waals surface area contributed by atoms with Gasteiger partial charge in [0.1, 0.15) is 0 Å². The van der Waals surface area contributed by atoms with E-state index < -0.39 is 23.2 Å². The van der Waals surface area contributed by atoms with E-state index in [2.05, 4.69) is 0 Å². The zero-order valence-electron chi connectivity index (χ0n) is 9.42. The molecule has 5 nitrogen and oxygen atoms in total. The molecule has 2 unspecified atom stereocenters. The number of hydrogen-bond acceptors (Lipinski definition) is 4. The molecule has 0 bridgehead atoms. The van der Waals surface area contributed by atoms with Crippen molar-refractivity contribution < 1.29 is 19.8 Å². The summed E-state index contributed by atoms with van der Waals surface area (Å²) in [7, 11) is 0. The molecule has 0 aliphatic rings. The molecule has 0 radical (unpaired) electrons. The van der Waals surface area contributed by atoms with Gasteiger partial charge in [-0.25, -0.2) is 4.79 Å². The van der Waals surface area contributed by atoms with Crippen LogP contribution in [0.25, 0.3) is 0 Å². The molecule has 1 rings (SSSR count). The van der Waals surface area contributed by atoms with Crippen molar-refractivity contribution in [3.8, 4) is 6.07 Å². The molecule has 2 N–H and O–H groups in total. The van der Waals surface area contributed by atoms with E-state index in [4.69, 9.17) is 22.0 Å². The first-order valence-corrected chi connectivity index (χ1v) is 5.46. The van der Waals surface area contributed by atoms with Crippen molar-refractivity contribution in [3.05, 3.63) is 34.9 Å². The summed E-state index contributed by atoms with van der Waals surface area (Å²) in [6, 6.07) is 5.83. The van der Waals surface area contributed by atoms with Gasteiger partial charge in [0.25, 0.3) is 0 Å². The van der Waals surface area contributed by atoms with Crippen LogP contribution in [0.4, 0.5) is 0 Å². The predicted molar refractivity (Wildman–Crippen MR) is 63.4 cm³/mol. The smallest absolute Gasteiger partial charge is 0.337 e. The number of aliphatic hydroxyl groups is 1. The van der Waals surface area contributed by atoms with Gasteiger partial charge in [-0.1, -0.05) is 12.1 Å². The van der Waals surface area contributed by atoms with Crippen LogP contribution in [-0.4, -0.2) is 27.3 Å². The third kappa shape index (κ3) is 2.67. The third-order valence-corrected chi connectivity index (χ3v) is 2.55. The quantitative estimate of drug-likeness (QED) is 0.636. The summed E-state index contributed by atoms with van der Waals surface area (Å²) in [6.45, 7) is 1.41. The molecule has 0 saturated carbocycles. The van der Waals surface area contributed by atoms with E-state index in [1.54, 1.807) is 6.07 Å². The number of carboxylic acid groups (broad SMARTS) is 1. The minimum atomic E-state index is -1.87. The molecule has 94 valence electrons. The molecule has 0 aliphatic carbocycles. The molecule has 0 fully saturated rings. The van der Waals surface area contributed by atoms with Crippen LogP contribution in [0.1, 0.15) is 34.5 Å². The first-order chi connectivity index (χ1) is 8.40. The van der Waals surface area contributed by atoms with Crippen LogP contribution >= 0.6 is 11.6 Å². The Labute approximate surface area is 108 Å². The lowest BCUT2D eigenvalue weighted by Crippen LogP contribution is -2.20. The molecule has 0 saturated heterocycles. The average Bonchev–Trinajstić information content (AvgIpc) is 2.35. The van der Waals surface area contributed by atoms with Crippen molar-refractivity contribution in [2.45, 2.75) is 18.4 Å². The van der Waals surface area contributed by atoms with Gasteiger partial charge < -0.3 is 10.2 Å². The number of aliphatic carboxylic acids is 1. The molecular formula is C12H10ClNO4. The highest BCUT2D eigenvalue weighted by Crippen LogP contribution is 2.24. The lowest BCUT2D eigenvalue weighted by atomic mass is 9.93. The summed E-state index contributed by atoms with van der Waals surface area (Å²) in [5, 5.41) is 26.3. The van der Waals surface area contributed by atoms with E-state index in [-0.39, 0.29) is 16.7 Å². The summed E-state index contributed by atoms with van der Waals surface area (Å²) < 4.78 is 0. The lowest BCUT2D eigenvalue weighted by molar-refractivity contribution is -0.146.